The first-order chi connectivity index (χ1) is 5.74. The minimum absolute atomic E-state index is 0.360. The van der Waals surface area contributed by atoms with E-state index < -0.39 is 0 Å². The molecule has 0 bridgehead atoms. The second kappa shape index (κ2) is 4.42. The van der Waals surface area contributed by atoms with Gasteiger partial charge in [0.15, 0.2) is 5.03 Å². The van der Waals surface area contributed by atoms with Crippen molar-refractivity contribution in [2.45, 2.75) is 18.4 Å². The molecule has 6 heteroatoms. The van der Waals surface area contributed by atoms with Crippen molar-refractivity contribution in [1.29, 1.82) is 0 Å². The summed E-state index contributed by atoms with van der Waals surface area (Å²) in [5, 5.41) is 6.79. The number of aromatic amines is 2. The fourth-order valence-electron chi connectivity index (χ4n) is 0.633. The molecule has 4 nitrogen and oxygen atoms in total. The van der Waals surface area contributed by atoms with Crippen molar-refractivity contribution in [1.82, 2.24) is 15.2 Å². The van der Waals surface area contributed by atoms with E-state index in [2.05, 4.69) is 22.1 Å². The fraction of sp³-hybridized carbons (Fsp3) is 0.500. The Morgan fingerprint density at radius 2 is 2.42 bits per heavy atom. The molecular weight excluding hydrogens is 194 g/mol. The SMILES string of the molecule is CCCSc1n[nH]c(=O)[nH]c1=S. The Balaban J connectivity index is 2.87. The van der Waals surface area contributed by atoms with E-state index in [-0.39, 0.29) is 5.69 Å². The number of hydrogen-bond acceptors (Lipinski definition) is 4. The lowest BCUT2D eigenvalue weighted by Crippen LogP contribution is -2.12. The molecule has 0 atom stereocenters. The van der Waals surface area contributed by atoms with Crippen molar-refractivity contribution in [3.8, 4) is 0 Å². The molecule has 0 aliphatic rings. The summed E-state index contributed by atoms with van der Waals surface area (Å²) >= 11 is 6.43. The molecule has 2 N–H and O–H groups in total. The van der Waals surface area contributed by atoms with Crippen molar-refractivity contribution < 1.29 is 0 Å². The van der Waals surface area contributed by atoms with Crippen molar-refractivity contribution in [3.05, 3.63) is 15.1 Å². The molecule has 0 saturated carbocycles. The number of H-pyrrole nitrogens is 2. The summed E-state index contributed by atoms with van der Waals surface area (Å²) in [5.41, 5.74) is -0.360. The number of hydrogen-bond donors (Lipinski definition) is 2. The van der Waals surface area contributed by atoms with Gasteiger partial charge in [0, 0.05) is 0 Å². The van der Waals surface area contributed by atoms with E-state index >= 15 is 0 Å². The van der Waals surface area contributed by atoms with E-state index in [1.54, 1.807) is 0 Å². The van der Waals surface area contributed by atoms with Gasteiger partial charge in [-0.3, -0.25) is 4.98 Å². The first-order valence-electron chi connectivity index (χ1n) is 3.56. The van der Waals surface area contributed by atoms with Crippen molar-refractivity contribution in [2.24, 2.45) is 0 Å². The third-order valence-electron chi connectivity index (χ3n) is 1.12. The Kier molecular flexibility index (Phi) is 3.48. The summed E-state index contributed by atoms with van der Waals surface area (Å²) in [5.74, 6) is 0.955. The predicted molar refractivity (Wildman–Crippen MR) is 51.1 cm³/mol. The first-order valence-corrected chi connectivity index (χ1v) is 4.95. The zero-order valence-corrected chi connectivity index (χ0v) is 8.22. The number of thioether (sulfide) groups is 1. The molecule has 0 aromatic carbocycles. The highest BCUT2D eigenvalue weighted by atomic mass is 32.2. The number of aromatic nitrogens is 3. The van der Waals surface area contributed by atoms with E-state index in [9.17, 15) is 4.79 Å². The average molecular weight is 203 g/mol. The Bertz CT molecular complexity index is 356. The molecule has 0 spiro atoms. The monoisotopic (exact) mass is 203 g/mol. The summed E-state index contributed by atoms with van der Waals surface area (Å²) in [6.45, 7) is 2.07. The second-order valence-corrected chi connectivity index (χ2v) is 3.65. The van der Waals surface area contributed by atoms with E-state index in [4.69, 9.17) is 12.2 Å². The molecule has 1 aromatic rings. The molecule has 1 rings (SSSR count). The molecule has 0 aliphatic heterocycles. The Labute approximate surface area is 78.8 Å². The van der Waals surface area contributed by atoms with Crippen LogP contribution in [0.3, 0.4) is 0 Å². The van der Waals surface area contributed by atoms with Gasteiger partial charge < -0.3 is 0 Å². The summed E-state index contributed by atoms with van der Waals surface area (Å²) in [6, 6.07) is 0. The lowest BCUT2D eigenvalue weighted by atomic mass is 10.6. The molecule has 0 radical (unpaired) electrons. The predicted octanol–water partition coefficient (Wildman–Crippen LogP) is 1.33. The quantitative estimate of drug-likeness (QED) is 0.574. The number of rotatable bonds is 3. The van der Waals surface area contributed by atoms with Crippen LogP contribution in [-0.4, -0.2) is 20.9 Å². The van der Waals surface area contributed by atoms with Gasteiger partial charge in [-0.25, -0.2) is 9.89 Å². The van der Waals surface area contributed by atoms with Gasteiger partial charge in [-0.2, -0.15) is 5.10 Å². The molecule has 0 amide bonds. The Morgan fingerprint density at radius 3 is 3.00 bits per heavy atom. The van der Waals surface area contributed by atoms with E-state index in [1.165, 1.54) is 11.8 Å². The molecule has 66 valence electrons. The number of nitrogens with zero attached hydrogens (tertiary/aromatic N) is 1. The van der Waals surface area contributed by atoms with Gasteiger partial charge in [-0.1, -0.05) is 19.1 Å². The zero-order chi connectivity index (χ0) is 8.97. The standard InChI is InChI=1S/C6H9N3OS2/c1-2-3-12-5-4(11)7-6(10)9-8-5/h2-3H2,1H3,(H2,7,9,10,11). The summed E-state index contributed by atoms with van der Waals surface area (Å²) in [7, 11) is 0. The second-order valence-electron chi connectivity index (χ2n) is 2.16. The van der Waals surface area contributed by atoms with Gasteiger partial charge in [0.25, 0.3) is 0 Å². The van der Waals surface area contributed by atoms with Gasteiger partial charge in [-0.15, -0.1) is 11.8 Å². The van der Waals surface area contributed by atoms with Crippen molar-refractivity contribution >= 4 is 24.0 Å². The zero-order valence-electron chi connectivity index (χ0n) is 6.59. The highest BCUT2D eigenvalue weighted by Crippen LogP contribution is 2.13. The summed E-state index contributed by atoms with van der Waals surface area (Å²) in [6.07, 6.45) is 1.06. The maximum Gasteiger partial charge on any atom is 0.340 e. The van der Waals surface area contributed by atoms with E-state index in [0.717, 1.165) is 12.2 Å². The highest BCUT2D eigenvalue weighted by Gasteiger charge is 1.97. The maximum absolute atomic E-state index is 10.7. The molecule has 0 fully saturated rings. The average Bonchev–Trinajstić information content (AvgIpc) is 2.03. The first kappa shape index (κ1) is 9.47. The third kappa shape index (κ3) is 2.46. The molecular formula is C6H9N3OS2. The lowest BCUT2D eigenvalue weighted by molar-refractivity contribution is 0.824. The molecule has 12 heavy (non-hydrogen) atoms. The van der Waals surface area contributed by atoms with Crippen LogP contribution in [0.5, 0.6) is 0 Å². The topological polar surface area (TPSA) is 61.5 Å². The Hall–Kier alpha value is -0.620. The van der Waals surface area contributed by atoms with Crippen molar-refractivity contribution in [2.75, 3.05) is 5.75 Å². The van der Waals surface area contributed by atoms with Crippen LogP contribution < -0.4 is 5.69 Å². The third-order valence-corrected chi connectivity index (χ3v) is 2.73. The largest absolute Gasteiger partial charge is 0.340 e. The van der Waals surface area contributed by atoms with Crippen LogP contribution >= 0.6 is 24.0 Å². The lowest BCUT2D eigenvalue weighted by Gasteiger charge is -1.95. The van der Waals surface area contributed by atoms with Crippen LogP contribution in [-0.2, 0) is 0 Å². The van der Waals surface area contributed by atoms with Gasteiger partial charge >= 0.3 is 5.69 Å². The molecule has 1 heterocycles. The molecule has 1 aromatic heterocycles. The van der Waals surface area contributed by atoms with Crippen LogP contribution in [0.2, 0.25) is 0 Å². The fourth-order valence-corrected chi connectivity index (χ4v) is 1.64. The van der Waals surface area contributed by atoms with E-state index in [0.29, 0.717) is 9.67 Å². The normalized spacial score (nSPS) is 10.1. The van der Waals surface area contributed by atoms with Crippen LogP contribution in [0.25, 0.3) is 0 Å². The Morgan fingerprint density at radius 1 is 1.67 bits per heavy atom. The van der Waals surface area contributed by atoms with Crippen molar-refractivity contribution in [3.63, 3.8) is 0 Å². The minimum Gasteiger partial charge on any atom is -0.295 e. The summed E-state index contributed by atoms with van der Waals surface area (Å²) in [4.78, 5) is 13.1. The highest BCUT2D eigenvalue weighted by molar-refractivity contribution is 7.99. The van der Waals surface area contributed by atoms with Crippen LogP contribution in [0.4, 0.5) is 0 Å². The smallest absolute Gasteiger partial charge is 0.295 e. The number of nitrogens with one attached hydrogen (secondary N) is 2. The maximum atomic E-state index is 10.7. The van der Waals surface area contributed by atoms with Crippen LogP contribution in [0.1, 0.15) is 13.3 Å². The van der Waals surface area contributed by atoms with Crippen LogP contribution in [0.15, 0.2) is 9.82 Å². The van der Waals surface area contributed by atoms with Gasteiger partial charge in [0.1, 0.15) is 4.64 Å². The molecule has 0 aliphatic carbocycles. The minimum atomic E-state index is -0.360. The van der Waals surface area contributed by atoms with E-state index in [1.807, 2.05) is 0 Å². The van der Waals surface area contributed by atoms with Gasteiger partial charge in [-0.05, 0) is 12.2 Å². The van der Waals surface area contributed by atoms with Crippen LogP contribution in [0, 0.1) is 4.64 Å². The van der Waals surface area contributed by atoms with Gasteiger partial charge in [0.2, 0.25) is 0 Å². The van der Waals surface area contributed by atoms with Gasteiger partial charge in [0.05, 0.1) is 0 Å². The molecule has 0 unspecified atom stereocenters. The molecule has 0 saturated heterocycles. The summed E-state index contributed by atoms with van der Waals surface area (Å²) < 4.78 is 0.414.